The lowest BCUT2D eigenvalue weighted by Crippen LogP contribution is -2.62. The summed E-state index contributed by atoms with van der Waals surface area (Å²) >= 11 is 0. The lowest BCUT2D eigenvalue weighted by atomic mass is 9.97. The smallest absolute Gasteiger partial charge is 0.326 e. The highest BCUT2D eigenvalue weighted by atomic mass is 16.4. The standard InChI is InChI=1S/C68H105N15O11/c1-41(2)56(65(90)76-50(30-16-20-34-70)60(85)78-53(37-44-23-9-7-10-24-44)62(87)77-52(68(93)94)32-18-22-36-72)82-64(89)55(39-46-40-74-49-29-14-13-27-47(46)49)79-63(88)54(38-45-25-11-8-12-26-45)80-66(91)57(42(3)4)83-67(92)58(43(5)6)81-61(86)51(31-17-21-35-71)75-59(84)48(73)28-15-19-33-69/h7-14,23-27,29,40-43,48,50-58,74H,15-22,28,30-39,69-73H2,1-6H3,(H,75,84)(H,76,90)(H,77,87)(H,78,85)(H,79,88)(H,80,91)(H,81,86)(H,82,89)(H,83,92)(H,93,94)/t48-,50-,51-,52-,53-,54-,55-,56-,57-,58-/m0/s1. The van der Waals surface area contributed by atoms with Gasteiger partial charge in [-0.05, 0) is 137 Å². The van der Waals surface area contributed by atoms with Crippen LogP contribution < -0.4 is 76.5 Å². The zero-order valence-corrected chi connectivity index (χ0v) is 55.5. The highest BCUT2D eigenvalue weighted by Gasteiger charge is 2.38. The van der Waals surface area contributed by atoms with Crippen LogP contribution in [0, 0.1) is 17.8 Å². The molecule has 10 atom stereocenters. The Balaban J connectivity index is 1.65. The van der Waals surface area contributed by atoms with E-state index in [2.05, 4.69) is 52.8 Å². The number of fused-ring (bicyclic) bond motifs is 1. The largest absolute Gasteiger partial charge is 0.480 e. The molecular formula is C68H105N15O11. The summed E-state index contributed by atoms with van der Waals surface area (Å²) in [7, 11) is 0. The molecule has 26 heteroatoms. The van der Waals surface area contributed by atoms with Gasteiger partial charge in [-0.15, -0.1) is 0 Å². The van der Waals surface area contributed by atoms with Crippen LogP contribution in [0.4, 0.5) is 0 Å². The average molecular weight is 1310 g/mol. The van der Waals surface area contributed by atoms with E-state index in [1.54, 1.807) is 108 Å². The maximum atomic E-state index is 15.1. The molecule has 0 aliphatic rings. The molecule has 4 rings (SSSR count). The SMILES string of the molecule is CC(C)[C@H](NC(=O)[C@H](Cc1c[nH]c2ccccc12)NC(=O)[C@H](Cc1ccccc1)NC(=O)[C@@H](NC(=O)[C@@H](NC(=O)[C@H](CCCCN)NC(=O)[C@@H](N)CCCCN)C(C)C)C(C)C)C(=O)N[C@@H](CCCCN)C(=O)N[C@@H](Cc1ccccc1)C(=O)N[C@@H](CCCCN)C(=O)O. The minimum atomic E-state index is -1.41. The molecule has 0 aliphatic heterocycles. The first-order chi connectivity index (χ1) is 44.9. The number of nitrogens with one attached hydrogen (secondary N) is 10. The predicted octanol–water partition coefficient (Wildman–Crippen LogP) is 1.45. The van der Waals surface area contributed by atoms with Crippen LogP contribution in [-0.4, -0.2) is 156 Å². The number of hydrogen-bond donors (Lipinski definition) is 16. The van der Waals surface area contributed by atoms with E-state index < -0.39 is 137 Å². The summed E-state index contributed by atoms with van der Waals surface area (Å²) in [6.45, 7) is 11.6. The second kappa shape index (κ2) is 41.4. The Morgan fingerprint density at radius 1 is 0.372 bits per heavy atom. The normalized spacial score (nSPS) is 14.6. The number of rotatable bonds is 44. The summed E-state index contributed by atoms with van der Waals surface area (Å²) in [4.78, 5) is 145. The summed E-state index contributed by atoms with van der Waals surface area (Å²) in [6, 6.07) is 12.6. The fraction of sp³-hybridized carbons (Fsp3) is 0.559. The van der Waals surface area contributed by atoms with Gasteiger partial charge >= 0.3 is 5.97 Å². The van der Waals surface area contributed by atoms with Gasteiger partial charge in [-0.3, -0.25) is 43.2 Å². The van der Waals surface area contributed by atoms with Crippen LogP contribution in [0.3, 0.4) is 0 Å². The number of aromatic nitrogens is 1. The third-order valence-corrected chi connectivity index (χ3v) is 16.3. The number of carbonyl (C=O) groups is 10. The van der Waals surface area contributed by atoms with Gasteiger partial charge in [0.1, 0.15) is 54.4 Å². The fourth-order valence-electron chi connectivity index (χ4n) is 10.7. The number of carboxylic acids is 1. The Morgan fingerprint density at radius 2 is 0.691 bits per heavy atom. The number of carbonyl (C=O) groups excluding carboxylic acids is 9. The molecule has 0 spiro atoms. The molecule has 4 aromatic rings. The molecule has 94 heavy (non-hydrogen) atoms. The number of nitrogens with two attached hydrogens (primary N) is 5. The Hall–Kier alpha value is -8.30. The maximum absolute atomic E-state index is 15.1. The highest BCUT2D eigenvalue weighted by Crippen LogP contribution is 2.21. The van der Waals surface area contributed by atoms with E-state index in [9.17, 15) is 43.5 Å². The van der Waals surface area contributed by atoms with Gasteiger partial charge in [-0.1, -0.05) is 127 Å². The molecule has 1 heterocycles. The van der Waals surface area contributed by atoms with Gasteiger partial charge in [0.2, 0.25) is 53.2 Å². The summed E-state index contributed by atoms with van der Waals surface area (Å²) in [5.41, 5.74) is 31.7. The number of amides is 9. The topological polar surface area (TPSA) is 445 Å². The van der Waals surface area contributed by atoms with Gasteiger partial charge in [-0.2, -0.15) is 0 Å². The number of benzene rings is 3. The van der Waals surface area contributed by atoms with Crippen molar-refractivity contribution in [1.29, 1.82) is 0 Å². The number of aliphatic carboxylic acids is 1. The van der Waals surface area contributed by atoms with Gasteiger partial charge in [0.15, 0.2) is 0 Å². The second-order valence-electron chi connectivity index (χ2n) is 25.1. The number of para-hydroxylation sites is 1. The van der Waals surface area contributed by atoms with Crippen LogP contribution in [0.1, 0.15) is 135 Å². The minimum Gasteiger partial charge on any atom is -0.480 e. The van der Waals surface area contributed by atoms with Crippen LogP contribution in [0.5, 0.6) is 0 Å². The van der Waals surface area contributed by atoms with E-state index in [1.165, 1.54) is 0 Å². The van der Waals surface area contributed by atoms with Gasteiger partial charge in [-0.25, -0.2) is 4.79 Å². The molecule has 0 radical (unpaired) electrons. The lowest BCUT2D eigenvalue weighted by Gasteiger charge is -2.30. The average Bonchev–Trinajstić information content (AvgIpc) is 1.57. The Labute approximate surface area is 552 Å². The van der Waals surface area contributed by atoms with Crippen LogP contribution in [0.15, 0.2) is 91.1 Å². The molecule has 1 aromatic heterocycles. The van der Waals surface area contributed by atoms with Crippen LogP contribution >= 0.6 is 0 Å². The summed E-state index contributed by atoms with van der Waals surface area (Å²) in [5.74, 6) is -9.43. The molecule has 518 valence electrons. The summed E-state index contributed by atoms with van der Waals surface area (Å²) < 4.78 is 0. The van der Waals surface area contributed by atoms with Crippen molar-refractivity contribution in [2.45, 2.75) is 198 Å². The quantitative estimate of drug-likeness (QED) is 0.0279. The summed E-state index contributed by atoms with van der Waals surface area (Å²) in [5, 5.41) is 35.8. The third-order valence-electron chi connectivity index (χ3n) is 16.3. The monoisotopic (exact) mass is 1310 g/mol. The molecule has 0 saturated heterocycles. The third kappa shape index (κ3) is 26.2. The number of H-pyrrole nitrogens is 1. The number of unbranched alkanes of at least 4 members (excludes halogenated alkanes) is 4. The minimum absolute atomic E-state index is 0.0232. The molecule has 0 fully saturated rings. The van der Waals surface area contributed by atoms with Crippen molar-refractivity contribution in [2.24, 2.45) is 46.4 Å². The second-order valence-corrected chi connectivity index (χ2v) is 25.1. The first-order valence-electron chi connectivity index (χ1n) is 33.1. The van der Waals surface area contributed by atoms with E-state index in [0.29, 0.717) is 94.1 Å². The number of aromatic amines is 1. The van der Waals surface area contributed by atoms with Gasteiger partial charge < -0.3 is 86.6 Å². The molecule has 0 bridgehead atoms. The maximum Gasteiger partial charge on any atom is 0.326 e. The molecule has 26 nitrogen and oxygen atoms in total. The van der Waals surface area contributed by atoms with Crippen LogP contribution in [-0.2, 0) is 67.2 Å². The van der Waals surface area contributed by atoms with E-state index in [1.807, 2.05) is 24.3 Å². The fourth-order valence-corrected chi connectivity index (χ4v) is 10.7. The van der Waals surface area contributed by atoms with Crippen molar-refractivity contribution >= 4 is 70.0 Å². The highest BCUT2D eigenvalue weighted by molar-refractivity contribution is 5.99. The van der Waals surface area contributed by atoms with Crippen LogP contribution in [0.25, 0.3) is 10.9 Å². The van der Waals surface area contributed by atoms with E-state index in [-0.39, 0.29) is 45.1 Å². The molecule has 9 amide bonds. The molecule has 21 N–H and O–H groups in total. The predicted molar refractivity (Wildman–Crippen MR) is 361 cm³/mol. The van der Waals surface area contributed by atoms with Crippen molar-refractivity contribution < 1.29 is 53.1 Å². The number of carboxylic acid groups (broad SMARTS) is 1. The first kappa shape index (κ1) is 78.1. The molecule has 0 unspecified atom stereocenters. The Bertz CT molecular complexity index is 3040. The first-order valence-corrected chi connectivity index (χ1v) is 33.1. The van der Waals surface area contributed by atoms with E-state index in [4.69, 9.17) is 28.7 Å². The van der Waals surface area contributed by atoms with Gasteiger partial charge in [0, 0.05) is 36.4 Å². The van der Waals surface area contributed by atoms with Crippen molar-refractivity contribution in [2.75, 3.05) is 26.2 Å². The van der Waals surface area contributed by atoms with E-state index >= 15 is 9.59 Å². The number of hydrogen-bond acceptors (Lipinski definition) is 15. The van der Waals surface area contributed by atoms with Crippen molar-refractivity contribution in [1.82, 2.24) is 52.8 Å². The molecule has 3 aromatic carbocycles. The zero-order chi connectivity index (χ0) is 69.3. The molecule has 0 saturated carbocycles. The van der Waals surface area contributed by atoms with Crippen molar-refractivity contribution in [3.8, 4) is 0 Å². The Kier molecular flexibility index (Phi) is 34.4. The van der Waals surface area contributed by atoms with Gasteiger partial charge in [0.05, 0.1) is 6.04 Å². The Morgan fingerprint density at radius 3 is 1.13 bits per heavy atom. The summed E-state index contributed by atoms with van der Waals surface area (Å²) in [6.07, 6.45) is 6.38. The van der Waals surface area contributed by atoms with Crippen molar-refractivity contribution in [3.05, 3.63) is 108 Å². The zero-order valence-electron chi connectivity index (χ0n) is 55.5. The van der Waals surface area contributed by atoms with E-state index in [0.717, 1.165) is 10.9 Å². The van der Waals surface area contributed by atoms with Crippen molar-refractivity contribution in [3.63, 3.8) is 0 Å². The lowest BCUT2D eigenvalue weighted by molar-refractivity contribution is -0.142. The van der Waals surface area contributed by atoms with Crippen LogP contribution in [0.2, 0.25) is 0 Å². The molecule has 0 aliphatic carbocycles. The molecular weight excluding hydrogens is 1200 g/mol. The van der Waals surface area contributed by atoms with Gasteiger partial charge in [0.25, 0.3) is 0 Å².